The van der Waals surface area contributed by atoms with Crippen molar-refractivity contribution in [1.82, 2.24) is 59.8 Å². The molecule has 0 saturated heterocycles. The van der Waals surface area contributed by atoms with E-state index in [2.05, 4.69) is 148 Å². The van der Waals surface area contributed by atoms with Crippen LogP contribution in [-0.4, -0.2) is 59.8 Å². The van der Waals surface area contributed by atoms with Crippen molar-refractivity contribution < 1.29 is 80.4 Å². The molecular formula is C112H84Ir4N12-8. The van der Waals surface area contributed by atoms with E-state index < -0.39 is 0 Å². The Labute approximate surface area is 805 Å². The van der Waals surface area contributed by atoms with E-state index >= 15 is 0 Å². The average Bonchev–Trinajstić information content (AvgIpc) is 0.843. The van der Waals surface area contributed by atoms with Crippen molar-refractivity contribution >= 4 is 0 Å². The summed E-state index contributed by atoms with van der Waals surface area (Å²) in [6.45, 7) is 4.42. The minimum atomic E-state index is 0. The summed E-state index contributed by atoms with van der Waals surface area (Å²) in [5.41, 5.74) is 25.3. The van der Waals surface area contributed by atoms with E-state index in [1.165, 1.54) is 0 Å². The van der Waals surface area contributed by atoms with Gasteiger partial charge in [0.05, 0.1) is 11.4 Å². The molecule has 0 atom stereocenters. The largest absolute Gasteiger partial charge is 0.305 e. The molecule has 128 heavy (non-hydrogen) atoms. The van der Waals surface area contributed by atoms with Gasteiger partial charge in [-0.05, 0) is 141 Å². The number of nitrogens with zero attached hydrogens (tertiary/aromatic N) is 12. The van der Waals surface area contributed by atoms with Gasteiger partial charge in [0.1, 0.15) is 0 Å². The summed E-state index contributed by atoms with van der Waals surface area (Å²) in [7, 11) is 0. The zero-order valence-electron chi connectivity index (χ0n) is 69.8. The second-order valence-corrected chi connectivity index (χ2v) is 27.6. The van der Waals surface area contributed by atoms with Crippen LogP contribution >= 0.6 is 0 Å². The molecule has 0 aliphatic carbocycles. The molecule has 0 saturated carbocycles. The molecule has 20 aromatic rings. The Morgan fingerprint density at radius 2 is 0.453 bits per heavy atom. The van der Waals surface area contributed by atoms with Gasteiger partial charge in [0.15, 0.2) is 0 Å². The first-order valence-corrected chi connectivity index (χ1v) is 40.3. The van der Waals surface area contributed by atoms with Crippen LogP contribution in [0.5, 0.6) is 0 Å². The van der Waals surface area contributed by atoms with Gasteiger partial charge in [-0.3, -0.25) is 19.9 Å². The van der Waals surface area contributed by atoms with E-state index in [-0.39, 0.29) is 80.4 Å². The number of hydrogen-bond acceptors (Lipinski definition) is 12. The van der Waals surface area contributed by atoms with E-state index in [0.717, 1.165) is 147 Å². The van der Waals surface area contributed by atoms with Crippen LogP contribution in [0.2, 0.25) is 0 Å². The molecule has 0 bridgehead atoms. The number of benzene rings is 8. The van der Waals surface area contributed by atoms with Crippen molar-refractivity contribution in [3.63, 3.8) is 0 Å². The maximum Gasteiger partial charge on any atom is 0.0720 e. The monoisotopic (exact) mass is 2370 g/mol. The van der Waals surface area contributed by atoms with Gasteiger partial charge in [-0.15, -0.1) is 287 Å². The molecule has 0 aliphatic rings. The summed E-state index contributed by atoms with van der Waals surface area (Å²) in [5, 5.41) is 0. The molecule has 0 spiro atoms. The maximum absolute atomic E-state index is 4.74. The Bertz CT molecular complexity index is 5390. The Balaban J connectivity index is 0.000000166. The summed E-state index contributed by atoms with van der Waals surface area (Å²) in [5.74, 6) is 0.608. The quantitative estimate of drug-likeness (QED) is 0.0952. The molecule has 20 rings (SSSR count). The minimum Gasteiger partial charge on any atom is -0.305 e. The summed E-state index contributed by atoms with van der Waals surface area (Å²) < 4.78 is 0. The van der Waals surface area contributed by atoms with Crippen LogP contribution < -0.4 is 0 Å². The van der Waals surface area contributed by atoms with E-state index in [4.69, 9.17) is 4.98 Å². The zero-order valence-corrected chi connectivity index (χ0v) is 79.4. The van der Waals surface area contributed by atoms with Crippen molar-refractivity contribution in [2.75, 3.05) is 0 Å². The Hall–Kier alpha value is -13.8. The maximum atomic E-state index is 4.74. The van der Waals surface area contributed by atoms with Gasteiger partial charge >= 0.3 is 0 Å². The number of aromatic nitrogens is 12. The number of hydrogen-bond donors (Lipinski definition) is 0. The summed E-state index contributed by atoms with van der Waals surface area (Å²) in [4.78, 5) is 52.0. The molecule has 0 aliphatic heterocycles. The van der Waals surface area contributed by atoms with Crippen molar-refractivity contribution in [3.05, 3.63) is 511 Å². The van der Waals surface area contributed by atoms with Gasteiger partial charge in [0.25, 0.3) is 0 Å². The van der Waals surface area contributed by atoms with Crippen LogP contribution in [0.25, 0.3) is 135 Å². The minimum absolute atomic E-state index is 0. The molecule has 0 amide bonds. The third-order valence-electron chi connectivity index (χ3n) is 18.3. The van der Waals surface area contributed by atoms with Gasteiger partial charge in [-0.1, -0.05) is 129 Å². The molecule has 0 unspecified atom stereocenters. The Kier molecular flexibility index (Phi) is 42.5. The predicted molar refractivity (Wildman–Crippen MR) is 500 cm³/mol. The molecule has 4 radical (unpaired) electrons. The molecular weight excluding hydrogens is 2280 g/mol. The van der Waals surface area contributed by atoms with Crippen molar-refractivity contribution in [2.24, 2.45) is 5.92 Å². The third-order valence-corrected chi connectivity index (χ3v) is 18.3. The van der Waals surface area contributed by atoms with Crippen LogP contribution in [0.15, 0.2) is 457 Å². The summed E-state index contributed by atoms with van der Waals surface area (Å²) in [6, 6.07) is 148. The van der Waals surface area contributed by atoms with E-state index in [0.29, 0.717) is 5.92 Å². The van der Waals surface area contributed by atoms with Gasteiger partial charge in [-0.25, -0.2) is 0 Å². The fraction of sp³-hybridized carbons (Fsp3) is 0.0357. The van der Waals surface area contributed by atoms with Gasteiger partial charge in [-0.2, -0.15) is 0 Å². The smallest absolute Gasteiger partial charge is 0.0720 e. The molecule has 12 aromatic heterocycles. The van der Waals surface area contributed by atoms with Crippen LogP contribution in [0.1, 0.15) is 19.5 Å². The molecule has 12 nitrogen and oxygen atoms in total. The fourth-order valence-electron chi connectivity index (χ4n) is 12.2. The standard InChI is InChI=1S/C20H19N2.3C16H11N2.4C11H8N.4Ir/c1-15(2)13-18-9-6-10-20(22-18)17-11-12-19(21-14-17)16-7-4-3-5-8-16;1-2-6-13(7-3-1)16-10-9-14(12-18-16)15-8-4-5-11-17-15;1-2-5-13(6-3-1)16-9-8-15(12-18-16)14-7-4-10-17-11-14;1-2-4-14(5-3-1)16-7-6-15(12-18-16)13-8-10-17-11-9-13;4*1-2-6-10(7-3-1)11-8-4-5-9-12-11;;;;/h3-7,9-12,14-15H,13H2,1-2H3;1-6,8-12H;1-5,7-12H;1-4,6-12H;4*1-6,8-9H;;;;/q8*-1;;;;. The van der Waals surface area contributed by atoms with Crippen LogP contribution in [0.4, 0.5) is 0 Å². The molecule has 12 heterocycles. The van der Waals surface area contributed by atoms with Gasteiger partial charge < -0.3 is 39.9 Å². The predicted octanol–water partition coefficient (Wildman–Crippen LogP) is 25.8. The fourth-order valence-corrected chi connectivity index (χ4v) is 12.2. The first kappa shape index (κ1) is 98.0. The van der Waals surface area contributed by atoms with E-state index in [1.54, 1.807) is 49.6 Å². The molecule has 636 valence electrons. The van der Waals surface area contributed by atoms with E-state index in [1.807, 2.05) is 377 Å². The molecule has 8 aromatic carbocycles. The van der Waals surface area contributed by atoms with Crippen LogP contribution in [-0.2, 0) is 86.8 Å². The second-order valence-electron chi connectivity index (χ2n) is 27.6. The van der Waals surface area contributed by atoms with Crippen molar-refractivity contribution in [1.29, 1.82) is 0 Å². The topological polar surface area (TPSA) is 155 Å². The summed E-state index contributed by atoms with van der Waals surface area (Å²) >= 11 is 0. The molecule has 16 heteroatoms. The Morgan fingerprint density at radius 1 is 0.188 bits per heavy atom. The van der Waals surface area contributed by atoms with Gasteiger partial charge in [0, 0.05) is 183 Å². The Morgan fingerprint density at radius 3 is 0.711 bits per heavy atom. The molecule has 0 N–H and O–H groups in total. The first-order chi connectivity index (χ1) is 61.4. The normalized spacial score (nSPS) is 9.80. The summed E-state index contributed by atoms with van der Waals surface area (Å²) in [6.07, 6.45) is 24.6. The van der Waals surface area contributed by atoms with Crippen molar-refractivity contribution in [2.45, 2.75) is 20.3 Å². The number of rotatable bonds is 14. The third kappa shape index (κ3) is 32.0. The first-order valence-electron chi connectivity index (χ1n) is 40.3. The number of pyridine rings is 12. The second kappa shape index (κ2) is 55.5. The molecule has 0 fully saturated rings. The van der Waals surface area contributed by atoms with Crippen LogP contribution in [0, 0.1) is 54.4 Å². The van der Waals surface area contributed by atoms with E-state index in [9.17, 15) is 0 Å². The SMILES string of the molecule is CC(C)Cc1cccc(-c2ccc(-c3[c-]cccc3)nc2)n1.[Ir].[Ir].[Ir].[Ir].[c-]1ccccc1-c1ccc(-c2ccccn2)cn1.[c-]1ccccc1-c1ccc(-c2cccnc2)cn1.[c-]1ccccc1-c1ccc(-c2ccncc2)cn1.[c-]1ccccc1-c1ccccn1.[c-]1ccccc1-c1ccccn1.[c-]1ccccc1-c1ccccn1.[c-]1ccccc1-c1ccccn1. The zero-order chi connectivity index (χ0) is 84.9. The van der Waals surface area contributed by atoms with Crippen LogP contribution in [0.3, 0.4) is 0 Å². The van der Waals surface area contributed by atoms with Crippen molar-refractivity contribution in [3.8, 4) is 135 Å². The average molecular weight is 2370 g/mol. The van der Waals surface area contributed by atoms with Gasteiger partial charge in [0.2, 0.25) is 0 Å².